The lowest BCUT2D eigenvalue weighted by atomic mass is 9.96. The molecular weight excluding hydrogens is 234 g/mol. The van der Waals surface area contributed by atoms with Gasteiger partial charge in [0, 0.05) is 18.8 Å². The zero-order valence-electron chi connectivity index (χ0n) is 11.8. The number of nitrogens with zero attached hydrogens (tertiary/aromatic N) is 2. The van der Waals surface area contributed by atoms with E-state index < -0.39 is 0 Å². The third-order valence-corrected chi connectivity index (χ3v) is 3.16. The normalized spacial score (nSPS) is 12.6. The van der Waals surface area contributed by atoms with Crippen LogP contribution in [0.2, 0.25) is 0 Å². The maximum Gasteiger partial charge on any atom is 0.125 e. The van der Waals surface area contributed by atoms with Gasteiger partial charge in [-0.15, -0.1) is 0 Å². The van der Waals surface area contributed by atoms with Gasteiger partial charge in [-0.25, -0.2) is 9.97 Å². The molecule has 2 aromatic rings. The SMILES string of the molecule is Cc1nccc(CNC(c2ccccc2)C(C)C)n1. The molecule has 0 aliphatic rings. The van der Waals surface area contributed by atoms with E-state index in [4.69, 9.17) is 0 Å². The van der Waals surface area contributed by atoms with Gasteiger partial charge in [0.15, 0.2) is 0 Å². The Morgan fingerprint density at radius 1 is 1.11 bits per heavy atom. The van der Waals surface area contributed by atoms with Crippen molar-refractivity contribution in [2.24, 2.45) is 5.92 Å². The fourth-order valence-corrected chi connectivity index (χ4v) is 2.22. The molecule has 1 N–H and O–H groups in total. The summed E-state index contributed by atoms with van der Waals surface area (Å²) in [5.41, 5.74) is 2.36. The number of rotatable bonds is 5. The largest absolute Gasteiger partial charge is 0.304 e. The first-order valence-corrected chi connectivity index (χ1v) is 6.73. The predicted molar refractivity (Wildman–Crippen MR) is 77.6 cm³/mol. The third kappa shape index (κ3) is 3.86. The van der Waals surface area contributed by atoms with Crippen LogP contribution in [-0.4, -0.2) is 9.97 Å². The van der Waals surface area contributed by atoms with Crippen molar-refractivity contribution < 1.29 is 0 Å². The van der Waals surface area contributed by atoms with E-state index in [0.717, 1.165) is 18.1 Å². The van der Waals surface area contributed by atoms with Gasteiger partial charge >= 0.3 is 0 Å². The molecule has 1 atom stereocenters. The van der Waals surface area contributed by atoms with Crippen LogP contribution in [0.15, 0.2) is 42.6 Å². The van der Waals surface area contributed by atoms with Crippen LogP contribution < -0.4 is 5.32 Å². The Kier molecular flexibility index (Phi) is 4.63. The highest BCUT2D eigenvalue weighted by Gasteiger charge is 2.14. The van der Waals surface area contributed by atoms with Gasteiger partial charge in [0.25, 0.3) is 0 Å². The molecule has 19 heavy (non-hydrogen) atoms. The molecule has 0 fully saturated rings. The van der Waals surface area contributed by atoms with Gasteiger partial charge in [-0.3, -0.25) is 0 Å². The van der Waals surface area contributed by atoms with Gasteiger partial charge in [0.05, 0.1) is 5.69 Å². The Balaban J connectivity index is 2.06. The Morgan fingerprint density at radius 2 is 1.84 bits per heavy atom. The van der Waals surface area contributed by atoms with E-state index in [1.807, 2.05) is 19.2 Å². The summed E-state index contributed by atoms with van der Waals surface area (Å²) in [6, 6.07) is 12.9. The minimum atomic E-state index is 0.344. The summed E-state index contributed by atoms with van der Waals surface area (Å²) in [5.74, 6) is 1.35. The number of nitrogens with one attached hydrogen (secondary N) is 1. The summed E-state index contributed by atoms with van der Waals surface area (Å²) in [4.78, 5) is 8.55. The summed E-state index contributed by atoms with van der Waals surface area (Å²) in [6.07, 6.45) is 1.81. The second-order valence-electron chi connectivity index (χ2n) is 5.11. The molecule has 1 unspecified atom stereocenters. The van der Waals surface area contributed by atoms with Crippen molar-refractivity contribution in [3.63, 3.8) is 0 Å². The zero-order chi connectivity index (χ0) is 13.7. The lowest BCUT2D eigenvalue weighted by Gasteiger charge is -2.22. The molecule has 0 amide bonds. The predicted octanol–water partition coefficient (Wildman–Crippen LogP) is 3.27. The molecule has 0 aliphatic heterocycles. The van der Waals surface area contributed by atoms with E-state index in [-0.39, 0.29) is 0 Å². The highest BCUT2D eigenvalue weighted by molar-refractivity contribution is 5.19. The molecule has 0 bridgehead atoms. The summed E-state index contributed by atoms with van der Waals surface area (Å²) in [6.45, 7) is 7.15. The summed E-state index contributed by atoms with van der Waals surface area (Å²) in [5, 5.41) is 3.59. The smallest absolute Gasteiger partial charge is 0.125 e. The molecule has 3 heteroatoms. The monoisotopic (exact) mass is 255 g/mol. The van der Waals surface area contributed by atoms with Crippen LogP contribution in [-0.2, 0) is 6.54 Å². The van der Waals surface area contributed by atoms with E-state index in [2.05, 4.69) is 59.5 Å². The average molecular weight is 255 g/mol. The maximum absolute atomic E-state index is 4.42. The first-order valence-electron chi connectivity index (χ1n) is 6.73. The molecule has 1 heterocycles. The van der Waals surface area contributed by atoms with Crippen LogP contribution in [0, 0.1) is 12.8 Å². The molecule has 100 valence electrons. The molecule has 0 aliphatic carbocycles. The summed E-state index contributed by atoms with van der Waals surface area (Å²) in [7, 11) is 0. The van der Waals surface area contributed by atoms with Gasteiger partial charge in [0.2, 0.25) is 0 Å². The Labute approximate surface area is 115 Å². The van der Waals surface area contributed by atoms with Crippen LogP contribution in [0.5, 0.6) is 0 Å². The topological polar surface area (TPSA) is 37.8 Å². The summed E-state index contributed by atoms with van der Waals surface area (Å²) < 4.78 is 0. The van der Waals surface area contributed by atoms with E-state index in [0.29, 0.717) is 12.0 Å². The molecule has 0 radical (unpaired) electrons. The Morgan fingerprint density at radius 3 is 2.47 bits per heavy atom. The molecular formula is C16H21N3. The Bertz CT molecular complexity index is 508. The standard InChI is InChI=1S/C16H21N3/c1-12(2)16(14-7-5-4-6-8-14)18-11-15-9-10-17-13(3)19-15/h4-10,12,16,18H,11H2,1-3H3. The molecule has 3 nitrogen and oxygen atoms in total. The average Bonchev–Trinajstić information content (AvgIpc) is 2.40. The van der Waals surface area contributed by atoms with Gasteiger partial charge in [0.1, 0.15) is 5.82 Å². The molecule has 1 aromatic carbocycles. The second-order valence-corrected chi connectivity index (χ2v) is 5.11. The molecule has 0 saturated heterocycles. The molecule has 0 spiro atoms. The van der Waals surface area contributed by atoms with Crippen molar-refractivity contribution in [3.8, 4) is 0 Å². The number of aryl methyl sites for hydroxylation is 1. The van der Waals surface area contributed by atoms with E-state index in [1.165, 1.54) is 5.56 Å². The van der Waals surface area contributed by atoms with Gasteiger partial charge < -0.3 is 5.32 Å². The van der Waals surface area contributed by atoms with Crippen LogP contribution in [0.4, 0.5) is 0 Å². The van der Waals surface area contributed by atoms with Crippen LogP contribution in [0.3, 0.4) is 0 Å². The van der Waals surface area contributed by atoms with Crippen molar-refractivity contribution in [2.75, 3.05) is 0 Å². The van der Waals surface area contributed by atoms with Crippen LogP contribution >= 0.6 is 0 Å². The minimum absolute atomic E-state index is 0.344. The maximum atomic E-state index is 4.42. The minimum Gasteiger partial charge on any atom is -0.304 e. The van der Waals surface area contributed by atoms with Crippen molar-refractivity contribution in [1.29, 1.82) is 0 Å². The fourth-order valence-electron chi connectivity index (χ4n) is 2.22. The van der Waals surface area contributed by atoms with Gasteiger partial charge in [-0.2, -0.15) is 0 Å². The van der Waals surface area contributed by atoms with Crippen LogP contribution in [0.1, 0.15) is 37.0 Å². The second kappa shape index (κ2) is 6.43. The van der Waals surface area contributed by atoms with Gasteiger partial charge in [-0.1, -0.05) is 44.2 Å². The van der Waals surface area contributed by atoms with E-state index >= 15 is 0 Å². The first-order chi connectivity index (χ1) is 9.16. The van der Waals surface area contributed by atoms with E-state index in [9.17, 15) is 0 Å². The Hall–Kier alpha value is -1.74. The van der Waals surface area contributed by atoms with Crippen molar-refractivity contribution >= 4 is 0 Å². The zero-order valence-corrected chi connectivity index (χ0v) is 11.8. The number of benzene rings is 1. The number of aromatic nitrogens is 2. The molecule has 0 saturated carbocycles. The first kappa shape index (κ1) is 13.7. The van der Waals surface area contributed by atoms with Gasteiger partial charge in [-0.05, 0) is 24.5 Å². The molecule has 2 rings (SSSR count). The van der Waals surface area contributed by atoms with E-state index in [1.54, 1.807) is 0 Å². The van der Waals surface area contributed by atoms with Crippen molar-refractivity contribution in [2.45, 2.75) is 33.4 Å². The van der Waals surface area contributed by atoms with Crippen molar-refractivity contribution in [3.05, 3.63) is 59.7 Å². The molecule has 1 aromatic heterocycles. The number of hydrogen-bond acceptors (Lipinski definition) is 3. The lowest BCUT2D eigenvalue weighted by Crippen LogP contribution is -2.25. The highest BCUT2D eigenvalue weighted by Crippen LogP contribution is 2.21. The lowest BCUT2D eigenvalue weighted by molar-refractivity contribution is 0.408. The highest BCUT2D eigenvalue weighted by atomic mass is 15.0. The quantitative estimate of drug-likeness (QED) is 0.891. The van der Waals surface area contributed by atoms with Crippen molar-refractivity contribution in [1.82, 2.24) is 15.3 Å². The third-order valence-electron chi connectivity index (χ3n) is 3.16. The summed E-state index contributed by atoms with van der Waals surface area (Å²) >= 11 is 0. The number of hydrogen-bond donors (Lipinski definition) is 1. The van der Waals surface area contributed by atoms with Crippen LogP contribution in [0.25, 0.3) is 0 Å². The fraction of sp³-hybridized carbons (Fsp3) is 0.375.